The monoisotopic (exact) mass is 525 g/mol. The Labute approximate surface area is 236 Å². The number of rotatable bonds is 4. The number of aromatic nitrogens is 3. The predicted octanol–water partition coefficient (Wildman–Crippen LogP) is 9.59. The van der Waals surface area contributed by atoms with Crippen LogP contribution in [-0.2, 0) is 0 Å². The lowest BCUT2D eigenvalue weighted by Gasteiger charge is -2.10. The molecule has 0 aliphatic heterocycles. The zero-order valence-corrected chi connectivity index (χ0v) is 22.0. The van der Waals surface area contributed by atoms with Gasteiger partial charge in [0, 0.05) is 27.5 Å². The first-order chi connectivity index (χ1) is 20.3. The molecule has 0 amide bonds. The van der Waals surface area contributed by atoms with Gasteiger partial charge in [-0.2, -0.15) is 0 Å². The molecular formula is C37H23N3O. The summed E-state index contributed by atoms with van der Waals surface area (Å²) in [5, 5.41) is 4.39. The summed E-state index contributed by atoms with van der Waals surface area (Å²) in [7, 11) is 0. The van der Waals surface area contributed by atoms with E-state index in [2.05, 4.69) is 84.9 Å². The number of benzene rings is 6. The van der Waals surface area contributed by atoms with E-state index in [1.807, 2.05) is 54.6 Å². The van der Waals surface area contributed by atoms with Crippen LogP contribution in [0.4, 0.5) is 0 Å². The fourth-order valence-electron chi connectivity index (χ4n) is 5.56. The minimum Gasteiger partial charge on any atom is -0.456 e. The van der Waals surface area contributed by atoms with Gasteiger partial charge in [-0.25, -0.2) is 15.0 Å². The Morgan fingerprint density at radius 3 is 1.68 bits per heavy atom. The number of hydrogen-bond donors (Lipinski definition) is 0. The quantitative estimate of drug-likeness (QED) is 0.230. The third-order valence-corrected chi connectivity index (χ3v) is 7.55. The van der Waals surface area contributed by atoms with E-state index in [1.165, 1.54) is 5.56 Å². The molecular weight excluding hydrogens is 502 g/mol. The Kier molecular flexibility index (Phi) is 5.42. The van der Waals surface area contributed by atoms with Gasteiger partial charge in [-0.3, -0.25) is 0 Å². The molecule has 0 unspecified atom stereocenters. The number of fused-ring (bicyclic) bond motifs is 5. The number of furan rings is 1. The van der Waals surface area contributed by atoms with E-state index in [1.54, 1.807) is 0 Å². The molecule has 0 aliphatic carbocycles. The topological polar surface area (TPSA) is 51.8 Å². The first-order valence-corrected chi connectivity index (χ1v) is 13.6. The molecule has 0 fully saturated rings. The summed E-state index contributed by atoms with van der Waals surface area (Å²) in [6.07, 6.45) is 0. The van der Waals surface area contributed by atoms with Gasteiger partial charge in [-0.1, -0.05) is 127 Å². The maximum atomic E-state index is 6.34. The average Bonchev–Trinajstić information content (AvgIpc) is 3.45. The molecule has 0 N–H and O–H groups in total. The van der Waals surface area contributed by atoms with Gasteiger partial charge in [0.15, 0.2) is 17.5 Å². The first kappa shape index (κ1) is 23.3. The van der Waals surface area contributed by atoms with Crippen molar-refractivity contribution in [1.82, 2.24) is 15.0 Å². The molecule has 6 aromatic carbocycles. The summed E-state index contributed by atoms with van der Waals surface area (Å²) < 4.78 is 6.34. The molecule has 8 rings (SSSR count). The van der Waals surface area contributed by atoms with E-state index in [0.29, 0.717) is 17.5 Å². The SMILES string of the molecule is c1ccc(-c2ccc(-c3nc(-c4ccccc4)nc(-c4cccc5oc6ccc7ccccc7c6c45)n3)cc2)cc1. The second-order valence-electron chi connectivity index (χ2n) is 10.1. The van der Waals surface area contributed by atoms with Crippen LogP contribution in [0.3, 0.4) is 0 Å². The van der Waals surface area contributed by atoms with E-state index in [0.717, 1.165) is 55.0 Å². The van der Waals surface area contributed by atoms with E-state index in [-0.39, 0.29) is 0 Å². The van der Waals surface area contributed by atoms with Crippen molar-refractivity contribution in [3.05, 3.63) is 140 Å². The second-order valence-corrected chi connectivity index (χ2v) is 10.1. The lowest BCUT2D eigenvalue weighted by molar-refractivity contribution is 0.669. The number of nitrogens with zero attached hydrogens (tertiary/aromatic N) is 3. The van der Waals surface area contributed by atoms with Crippen LogP contribution in [0.2, 0.25) is 0 Å². The normalized spacial score (nSPS) is 11.4. The Morgan fingerprint density at radius 1 is 0.366 bits per heavy atom. The molecule has 0 saturated carbocycles. The zero-order valence-electron chi connectivity index (χ0n) is 22.0. The molecule has 192 valence electrons. The van der Waals surface area contributed by atoms with Crippen LogP contribution in [0.5, 0.6) is 0 Å². The highest BCUT2D eigenvalue weighted by Crippen LogP contribution is 2.40. The van der Waals surface area contributed by atoms with Crippen molar-refractivity contribution in [3.8, 4) is 45.3 Å². The number of hydrogen-bond acceptors (Lipinski definition) is 4. The van der Waals surface area contributed by atoms with Crippen LogP contribution in [0, 0.1) is 0 Å². The summed E-state index contributed by atoms with van der Waals surface area (Å²) in [5.41, 5.74) is 6.76. The van der Waals surface area contributed by atoms with Crippen LogP contribution < -0.4 is 0 Å². The maximum absolute atomic E-state index is 6.34. The molecule has 0 bridgehead atoms. The van der Waals surface area contributed by atoms with Crippen LogP contribution >= 0.6 is 0 Å². The largest absolute Gasteiger partial charge is 0.456 e. The fourth-order valence-corrected chi connectivity index (χ4v) is 5.56. The van der Waals surface area contributed by atoms with Crippen molar-refractivity contribution >= 4 is 32.7 Å². The van der Waals surface area contributed by atoms with Crippen LogP contribution in [0.25, 0.3) is 78.0 Å². The molecule has 4 heteroatoms. The third-order valence-electron chi connectivity index (χ3n) is 7.55. The summed E-state index contributed by atoms with van der Waals surface area (Å²) in [6, 6.07) is 47.5. The van der Waals surface area contributed by atoms with Crippen LogP contribution in [0.1, 0.15) is 0 Å². The molecule has 4 nitrogen and oxygen atoms in total. The summed E-state index contributed by atoms with van der Waals surface area (Å²) >= 11 is 0. The van der Waals surface area contributed by atoms with Gasteiger partial charge in [-0.05, 0) is 34.0 Å². The smallest absolute Gasteiger partial charge is 0.164 e. The standard InChI is InChI=1S/C37H23N3O/c1-3-10-24(11-4-1)25-18-20-28(21-19-25)36-38-35(27-13-5-2-6-14-27)39-37(40-36)30-16-9-17-31-34(30)33-29-15-8-7-12-26(29)22-23-32(33)41-31/h1-23H. The van der Waals surface area contributed by atoms with Gasteiger partial charge in [0.2, 0.25) is 0 Å². The Hall–Kier alpha value is -5.61. The van der Waals surface area contributed by atoms with E-state index in [9.17, 15) is 0 Å². The molecule has 8 aromatic rings. The van der Waals surface area contributed by atoms with Crippen molar-refractivity contribution in [1.29, 1.82) is 0 Å². The van der Waals surface area contributed by atoms with Crippen LogP contribution in [0.15, 0.2) is 144 Å². The summed E-state index contributed by atoms with van der Waals surface area (Å²) in [6.45, 7) is 0. The van der Waals surface area contributed by atoms with E-state index in [4.69, 9.17) is 19.4 Å². The molecule has 2 aromatic heterocycles. The third kappa shape index (κ3) is 4.05. The minimum absolute atomic E-state index is 0.613. The molecule has 0 saturated heterocycles. The highest BCUT2D eigenvalue weighted by molar-refractivity contribution is 6.22. The molecule has 0 spiro atoms. The summed E-state index contributed by atoms with van der Waals surface area (Å²) in [4.78, 5) is 15.0. The fraction of sp³-hybridized carbons (Fsp3) is 0. The zero-order chi connectivity index (χ0) is 27.2. The van der Waals surface area contributed by atoms with Gasteiger partial charge in [-0.15, -0.1) is 0 Å². The van der Waals surface area contributed by atoms with Gasteiger partial charge in [0.05, 0.1) is 0 Å². The highest BCUT2D eigenvalue weighted by Gasteiger charge is 2.19. The van der Waals surface area contributed by atoms with Crippen LogP contribution in [-0.4, -0.2) is 15.0 Å². The van der Waals surface area contributed by atoms with Gasteiger partial charge in [0.25, 0.3) is 0 Å². The van der Waals surface area contributed by atoms with E-state index >= 15 is 0 Å². The molecule has 2 heterocycles. The van der Waals surface area contributed by atoms with Crippen molar-refractivity contribution in [2.75, 3.05) is 0 Å². The predicted molar refractivity (Wildman–Crippen MR) is 166 cm³/mol. The van der Waals surface area contributed by atoms with Gasteiger partial charge in [0.1, 0.15) is 11.2 Å². The van der Waals surface area contributed by atoms with Crippen molar-refractivity contribution < 1.29 is 4.42 Å². The molecule has 0 radical (unpaired) electrons. The lowest BCUT2D eigenvalue weighted by atomic mass is 10.0. The minimum atomic E-state index is 0.613. The van der Waals surface area contributed by atoms with Gasteiger partial charge >= 0.3 is 0 Å². The van der Waals surface area contributed by atoms with Crippen molar-refractivity contribution in [2.45, 2.75) is 0 Å². The highest BCUT2D eigenvalue weighted by atomic mass is 16.3. The molecule has 0 aliphatic rings. The first-order valence-electron chi connectivity index (χ1n) is 13.6. The average molecular weight is 526 g/mol. The van der Waals surface area contributed by atoms with E-state index < -0.39 is 0 Å². The maximum Gasteiger partial charge on any atom is 0.164 e. The lowest BCUT2D eigenvalue weighted by Crippen LogP contribution is -2.00. The summed E-state index contributed by atoms with van der Waals surface area (Å²) in [5.74, 6) is 1.87. The second kappa shape index (κ2) is 9.54. The Morgan fingerprint density at radius 2 is 0.927 bits per heavy atom. The van der Waals surface area contributed by atoms with Gasteiger partial charge < -0.3 is 4.42 Å². The Bertz CT molecular complexity index is 2180. The molecule has 41 heavy (non-hydrogen) atoms. The molecule has 0 atom stereocenters. The van der Waals surface area contributed by atoms with Crippen molar-refractivity contribution in [3.63, 3.8) is 0 Å². The van der Waals surface area contributed by atoms with Crippen molar-refractivity contribution in [2.24, 2.45) is 0 Å². The Balaban J connectivity index is 1.36.